The summed E-state index contributed by atoms with van der Waals surface area (Å²) in [6, 6.07) is 0. The quantitative estimate of drug-likeness (QED) is 0.508. The van der Waals surface area contributed by atoms with E-state index in [9.17, 15) is 0 Å². The topological polar surface area (TPSA) is 0 Å². The van der Waals surface area contributed by atoms with Gasteiger partial charge in [-0.2, -0.15) is 0 Å². The third-order valence-electron chi connectivity index (χ3n) is 2.74. The Hall–Kier alpha value is 0.0649. The van der Waals surface area contributed by atoms with Gasteiger partial charge >= 0.3 is 0 Å². The van der Waals surface area contributed by atoms with Crippen LogP contribution in [0.15, 0.2) is 0 Å². The Morgan fingerprint density at radius 2 is 1.89 bits per heavy atom. The lowest BCUT2D eigenvalue weighted by Crippen LogP contribution is -2.19. The second-order valence-electron chi connectivity index (χ2n) is 3.30. The maximum Gasteiger partial charge on any atom is 0.114 e. The lowest BCUT2D eigenvalue weighted by atomic mass is 9.49. The first-order valence-electron chi connectivity index (χ1n) is 3.87. The van der Waals surface area contributed by atoms with Gasteiger partial charge in [0.15, 0.2) is 0 Å². The van der Waals surface area contributed by atoms with Crippen molar-refractivity contribution in [1.82, 2.24) is 0 Å². The van der Waals surface area contributed by atoms with Crippen molar-refractivity contribution in [2.75, 3.05) is 0 Å². The Morgan fingerprint density at radius 1 is 1.44 bits per heavy atom. The van der Waals surface area contributed by atoms with Crippen LogP contribution in [0.1, 0.15) is 34.1 Å². The molecule has 0 aromatic rings. The van der Waals surface area contributed by atoms with Crippen LogP contribution in [-0.2, 0) is 0 Å². The van der Waals surface area contributed by atoms with Gasteiger partial charge in [0.25, 0.3) is 0 Å². The van der Waals surface area contributed by atoms with Crippen LogP contribution < -0.4 is 0 Å². The number of rotatable bonds is 3. The van der Waals surface area contributed by atoms with E-state index in [4.69, 9.17) is 0 Å². The Bertz CT molecular complexity index is 72.6. The van der Waals surface area contributed by atoms with Crippen LogP contribution in [0.3, 0.4) is 0 Å². The van der Waals surface area contributed by atoms with E-state index in [-0.39, 0.29) is 0 Å². The van der Waals surface area contributed by atoms with Gasteiger partial charge in [-0.05, 0) is 5.92 Å². The van der Waals surface area contributed by atoms with Crippen LogP contribution in [-0.4, -0.2) is 7.28 Å². The first kappa shape index (κ1) is 9.06. The van der Waals surface area contributed by atoms with Crippen molar-refractivity contribution in [1.29, 1.82) is 0 Å². The molecule has 0 rings (SSSR count). The smallest absolute Gasteiger partial charge is 0.0914 e. The summed E-state index contributed by atoms with van der Waals surface area (Å²) in [5.41, 5.74) is 0. The van der Waals surface area contributed by atoms with E-state index >= 15 is 0 Å². The molecule has 0 aliphatic heterocycles. The van der Waals surface area contributed by atoms with Gasteiger partial charge < -0.3 is 0 Å². The minimum absolute atomic E-state index is 0.458. The van der Waals surface area contributed by atoms with E-state index in [2.05, 4.69) is 41.8 Å². The van der Waals surface area contributed by atoms with E-state index in [1.54, 1.807) is 0 Å². The van der Waals surface area contributed by atoms with E-state index in [0.29, 0.717) is 5.31 Å². The molecule has 0 aliphatic rings. The molecular formula is C8H18B. The van der Waals surface area contributed by atoms with Gasteiger partial charge in [-0.1, -0.05) is 46.3 Å². The van der Waals surface area contributed by atoms with Crippen LogP contribution in [0.2, 0.25) is 12.1 Å². The monoisotopic (exact) mass is 125 g/mol. The van der Waals surface area contributed by atoms with Gasteiger partial charge in [-0.25, -0.2) is 0 Å². The van der Waals surface area contributed by atoms with Crippen molar-refractivity contribution in [3.63, 3.8) is 0 Å². The average Bonchev–Trinajstić information content (AvgIpc) is 1.86. The highest BCUT2D eigenvalue weighted by atomic mass is 14.2. The second-order valence-corrected chi connectivity index (χ2v) is 3.30. The predicted molar refractivity (Wildman–Crippen MR) is 45.1 cm³/mol. The summed E-state index contributed by atoms with van der Waals surface area (Å²) in [6.45, 7) is 11.3. The minimum atomic E-state index is 0.458. The summed E-state index contributed by atoms with van der Waals surface area (Å²) in [6.07, 6.45) is 1.25. The highest BCUT2D eigenvalue weighted by Gasteiger charge is 2.23. The zero-order valence-corrected chi connectivity index (χ0v) is 7.36. The van der Waals surface area contributed by atoms with Crippen LogP contribution in [0.25, 0.3) is 0 Å². The minimum Gasteiger partial charge on any atom is -0.0914 e. The molecule has 1 heteroatoms. The molecule has 0 spiro atoms. The molecule has 0 aliphatic carbocycles. The van der Waals surface area contributed by atoms with Gasteiger partial charge in [0.05, 0.1) is 0 Å². The van der Waals surface area contributed by atoms with Gasteiger partial charge in [-0.3, -0.25) is 0 Å². The molecule has 9 heavy (non-hydrogen) atoms. The Morgan fingerprint density at radius 3 is 1.89 bits per heavy atom. The highest BCUT2D eigenvalue weighted by Crippen LogP contribution is 2.36. The van der Waals surface area contributed by atoms with Gasteiger partial charge in [0, 0.05) is 0 Å². The molecule has 1 atom stereocenters. The van der Waals surface area contributed by atoms with Crippen LogP contribution in [0.5, 0.6) is 0 Å². The molecule has 0 N–H and O–H groups in total. The van der Waals surface area contributed by atoms with Crippen molar-refractivity contribution >= 4 is 7.28 Å². The molecule has 0 heterocycles. The second kappa shape index (κ2) is 3.29. The number of hydrogen-bond acceptors (Lipinski definition) is 0. The van der Waals surface area contributed by atoms with Gasteiger partial charge in [0.2, 0.25) is 0 Å². The first-order chi connectivity index (χ1) is 4.06. The fourth-order valence-corrected chi connectivity index (χ4v) is 0.946. The maximum absolute atomic E-state index is 2.32. The molecule has 0 bridgehead atoms. The lowest BCUT2D eigenvalue weighted by molar-refractivity contribution is 0.426. The van der Waals surface area contributed by atoms with Crippen LogP contribution >= 0.6 is 0 Å². The molecule has 0 saturated heterocycles. The average molecular weight is 125 g/mol. The van der Waals surface area contributed by atoms with Crippen molar-refractivity contribution in [3.8, 4) is 0 Å². The summed E-state index contributed by atoms with van der Waals surface area (Å²) >= 11 is 0. The van der Waals surface area contributed by atoms with Gasteiger partial charge in [0.1, 0.15) is 7.28 Å². The number of hydrogen-bond donors (Lipinski definition) is 0. The first-order valence-corrected chi connectivity index (χ1v) is 3.87. The zero-order chi connectivity index (χ0) is 7.49. The molecular weight excluding hydrogens is 107 g/mol. The normalized spacial score (nSPS) is 17.6. The van der Waals surface area contributed by atoms with Crippen molar-refractivity contribution in [2.45, 2.75) is 46.3 Å². The summed E-state index contributed by atoms with van der Waals surface area (Å²) in [4.78, 5) is 0. The van der Waals surface area contributed by atoms with Crippen molar-refractivity contribution in [3.05, 3.63) is 0 Å². The third-order valence-corrected chi connectivity index (χ3v) is 2.74. The molecule has 1 radical (unpaired) electrons. The van der Waals surface area contributed by atoms with Gasteiger partial charge in [-0.15, -0.1) is 0 Å². The lowest BCUT2D eigenvalue weighted by Gasteiger charge is -2.30. The maximum atomic E-state index is 2.32. The van der Waals surface area contributed by atoms with Crippen molar-refractivity contribution < 1.29 is 0 Å². The third kappa shape index (κ3) is 2.04. The molecule has 0 amide bonds. The summed E-state index contributed by atoms with van der Waals surface area (Å²) in [7, 11) is 2.32. The van der Waals surface area contributed by atoms with Crippen LogP contribution in [0, 0.1) is 5.92 Å². The predicted octanol–water partition coefficient (Wildman–Crippen LogP) is 2.98. The van der Waals surface area contributed by atoms with E-state index in [1.807, 2.05) is 0 Å². The highest BCUT2D eigenvalue weighted by molar-refractivity contribution is 6.38. The molecule has 0 saturated carbocycles. The Kier molecular flexibility index (Phi) is 3.31. The van der Waals surface area contributed by atoms with E-state index in [1.165, 1.54) is 6.42 Å². The SMILES string of the molecule is C[B]C(C)(CC)C(C)C. The van der Waals surface area contributed by atoms with E-state index < -0.39 is 0 Å². The molecule has 53 valence electrons. The molecule has 0 fully saturated rings. The summed E-state index contributed by atoms with van der Waals surface area (Å²) in [5, 5.41) is 0.458. The fraction of sp³-hybridized carbons (Fsp3) is 1.00. The summed E-state index contributed by atoms with van der Waals surface area (Å²) < 4.78 is 0. The molecule has 0 nitrogen and oxygen atoms in total. The summed E-state index contributed by atoms with van der Waals surface area (Å²) in [5.74, 6) is 0.771. The molecule has 0 aromatic carbocycles. The van der Waals surface area contributed by atoms with Crippen LogP contribution in [0.4, 0.5) is 0 Å². The Labute approximate surface area is 60.3 Å². The fourth-order valence-electron chi connectivity index (χ4n) is 0.946. The molecule has 0 aromatic heterocycles. The standard InChI is InChI=1S/C8H18B/c1-6-8(4,9-5)7(2)3/h7H,6H2,1-5H3. The largest absolute Gasteiger partial charge is 0.114 e. The zero-order valence-electron chi connectivity index (χ0n) is 7.36. The van der Waals surface area contributed by atoms with E-state index in [0.717, 1.165) is 5.92 Å². The van der Waals surface area contributed by atoms with Crippen molar-refractivity contribution in [2.24, 2.45) is 5.92 Å². The Balaban J connectivity index is 3.92. The molecule has 1 unspecified atom stereocenters.